The number of carboxylic acids is 1. The molecule has 0 aromatic heterocycles. The second-order valence-corrected chi connectivity index (χ2v) is 4.31. The number of benzene rings is 1. The van der Waals surface area contributed by atoms with E-state index in [9.17, 15) is 4.79 Å². The molecule has 0 amide bonds. The van der Waals surface area contributed by atoms with Gasteiger partial charge >= 0.3 is 5.97 Å². The monoisotopic (exact) mass is 225 g/mol. The zero-order valence-electron chi connectivity index (χ0n) is 8.40. The van der Waals surface area contributed by atoms with E-state index in [1.54, 1.807) is 6.07 Å². The smallest absolute Gasteiger partial charge is 0.312 e. The standard InChI is InChI=1S/C11H12ClNO2/c1-13-5-7-3-2-4-9(12)10(7)8(6-13)11(14)15/h2-4,8H,5-6H2,1H3,(H,14,15). The Morgan fingerprint density at radius 1 is 1.60 bits per heavy atom. The maximum atomic E-state index is 11.1. The maximum absolute atomic E-state index is 11.1. The first kappa shape index (κ1) is 10.5. The first-order valence-electron chi connectivity index (χ1n) is 4.78. The predicted molar refractivity (Wildman–Crippen MR) is 58.2 cm³/mol. The molecule has 0 bridgehead atoms. The normalized spacial score (nSPS) is 21.1. The molecule has 1 aromatic rings. The zero-order chi connectivity index (χ0) is 11.0. The third-order valence-electron chi connectivity index (χ3n) is 2.72. The highest BCUT2D eigenvalue weighted by molar-refractivity contribution is 6.31. The number of hydrogen-bond acceptors (Lipinski definition) is 2. The van der Waals surface area contributed by atoms with E-state index in [-0.39, 0.29) is 0 Å². The minimum absolute atomic E-state index is 0.507. The second-order valence-electron chi connectivity index (χ2n) is 3.90. The summed E-state index contributed by atoms with van der Waals surface area (Å²) in [4.78, 5) is 13.1. The van der Waals surface area contributed by atoms with Gasteiger partial charge in [0.25, 0.3) is 0 Å². The van der Waals surface area contributed by atoms with E-state index >= 15 is 0 Å². The van der Waals surface area contributed by atoms with Gasteiger partial charge < -0.3 is 10.0 Å². The Hall–Kier alpha value is -1.06. The average molecular weight is 226 g/mol. The molecule has 0 spiro atoms. The summed E-state index contributed by atoms with van der Waals surface area (Å²) < 4.78 is 0. The van der Waals surface area contributed by atoms with Crippen LogP contribution in [0.5, 0.6) is 0 Å². The van der Waals surface area contributed by atoms with Gasteiger partial charge in [-0.05, 0) is 24.2 Å². The highest BCUT2D eigenvalue weighted by atomic mass is 35.5. The molecule has 0 saturated carbocycles. The van der Waals surface area contributed by atoms with E-state index in [0.29, 0.717) is 11.6 Å². The van der Waals surface area contributed by atoms with Gasteiger partial charge in [0, 0.05) is 18.1 Å². The Morgan fingerprint density at radius 2 is 2.33 bits per heavy atom. The molecule has 1 aliphatic heterocycles. The lowest BCUT2D eigenvalue weighted by Gasteiger charge is -2.30. The van der Waals surface area contributed by atoms with Gasteiger partial charge in [-0.25, -0.2) is 0 Å². The summed E-state index contributed by atoms with van der Waals surface area (Å²) in [6, 6.07) is 5.55. The maximum Gasteiger partial charge on any atom is 0.312 e. The van der Waals surface area contributed by atoms with E-state index in [2.05, 4.69) is 0 Å². The number of rotatable bonds is 1. The fourth-order valence-electron chi connectivity index (χ4n) is 2.07. The Labute approximate surface area is 93.3 Å². The summed E-state index contributed by atoms with van der Waals surface area (Å²) in [5.74, 6) is -1.32. The minimum atomic E-state index is -0.809. The summed E-state index contributed by atoms with van der Waals surface area (Å²) in [7, 11) is 1.92. The molecule has 4 heteroatoms. The van der Waals surface area contributed by atoms with Crippen LogP contribution in [0, 0.1) is 0 Å². The van der Waals surface area contributed by atoms with E-state index in [1.807, 2.05) is 24.1 Å². The number of carbonyl (C=O) groups is 1. The molecule has 1 heterocycles. The summed E-state index contributed by atoms with van der Waals surface area (Å²) in [5.41, 5.74) is 1.80. The molecule has 1 N–H and O–H groups in total. The van der Waals surface area contributed by atoms with Gasteiger partial charge in [0.15, 0.2) is 0 Å². The van der Waals surface area contributed by atoms with E-state index < -0.39 is 11.9 Å². The van der Waals surface area contributed by atoms with Gasteiger partial charge in [-0.2, -0.15) is 0 Å². The number of carboxylic acid groups (broad SMARTS) is 1. The lowest BCUT2D eigenvalue weighted by atomic mass is 9.90. The van der Waals surface area contributed by atoms with Crippen LogP contribution in [0.2, 0.25) is 5.02 Å². The minimum Gasteiger partial charge on any atom is -0.481 e. The Morgan fingerprint density at radius 3 is 3.00 bits per heavy atom. The molecule has 80 valence electrons. The molecule has 0 aliphatic carbocycles. The third-order valence-corrected chi connectivity index (χ3v) is 3.05. The van der Waals surface area contributed by atoms with Crippen LogP contribution < -0.4 is 0 Å². The zero-order valence-corrected chi connectivity index (χ0v) is 9.16. The highest BCUT2D eigenvalue weighted by Crippen LogP contribution is 2.33. The van der Waals surface area contributed by atoms with Crippen molar-refractivity contribution >= 4 is 17.6 Å². The molecule has 1 unspecified atom stereocenters. The van der Waals surface area contributed by atoms with Crippen molar-refractivity contribution in [1.29, 1.82) is 0 Å². The predicted octanol–water partition coefficient (Wildman–Crippen LogP) is 1.95. The molecular weight excluding hydrogens is 214 g/mol. The van der Waals surface area contributed by atoms with Gasteiger partial charge in [-0.3, -0.25) is 4.79 Å². The Bertz CT molecular complexity index is 406. The quantitative estimate of drug-likeness (QED) is 0.794. The van der Waals surface area contributed by atoms with Crippen LogP contribution in [0.15, 0.2) is 18.2 Å². The van der Waals surface area contributed by atoms with Crippen molar-refractivity contribution in [2.45, 2.75) is 12.5 Å². The molecule has 1 aliphatic rings. The highest BCUT2D eigenvalue weighted by Gasteiger charge is 2.30. The van der Waals surface area contributed by atoms with Crippen LogP contribution >= 0.6 is 11.6 Å². The summed E-state index contributed by atoms with van der Waals surface area (Å²) in [6.07, 6.45) is 0. The lowest BCUT2D eigenvalue weighted by Crippen LogP contribution is -2.34. The first-order chi connectivity index (χ1) is 7.09. The number of aliphatic carboxylic acids is 1. The molecule has 3 nitrogen and oxygen atoms in total. The van der Waals surface area contributed by atoms with Crippen molar-refractivity contribution in [3.05, 3.63) is 34.3 Å². The average Bonchev–Trinajstić information content (AvgIpc) is 2.16. The molecule has 1 atom stereocenters. The molecule has 0 radical (unpaired) electrons. The number of hydrogen-bond donors (Lipinski definition) is 1. The van der Waals surface area contributed by atoms with Crippen LogP contribution in [-0.4, -0.2) is 29.6 Å². The molecule has 0 fully saturated rings. The molecular formula is C11H12ClNO2. The van der Waals surface area contributed by atoms with Crippen molar-refractivity contribution in [2.75, 3.05) is 13.6 Å². The van der Waals surface area contributed by atoms with Crippen molar-refractivity contribution in [3.8, 4) is 0 Å². The molecule has 0 saturated heterocycles. The van der Waals surface area contributed by atoms with Crippen molar-refractivity contribution in [2.24, 2.45) is 0 Å². The molecule has 2 rings (SSSR count). The van der Waals surface area contributed by atoms with Crippen molar-refractivity contribution < 1.29 is 9.90 Å². The van der Waals surface area contributed by atoms with Gasteiger partial charge in [-0.15, -0.1) is 0 Å². The SMILES string of the molecule is CN1Cc2cccc(Cl)c2C(C(=O)O)C1. The van der Waals surface area contributed by atoms with Crippen LogP contribution in [0.4, 0.5) is 0 Å². The third kappa shape index (κ3) is 1.85. The van der Waals surface area contributed by atoms with Gasteiger partial charge in [0.05, 0.1) is 5.92 Å². The molecule has 1 aromatic carbocycles. The van der Waals surface area contributed by atoms with Gasteiger partial charge in [-0.1, -0.05) is 23.7 Å². The fraction of sp³-hybridized carbons (Fsp3) is 0.364. The van der Waals surface area contributed by atoms with Gasteiger partial charge in [0.2, 0.25) is 0 Å². The fourth-order valence-corrected chi connectivity index (χ4v) is 2.40. The topological polar surface area (TPSA) is 40.5 Å². The van der Waals surface area contributed by atoms with Crippen LogP contribution in [0.25, 0.3) is 0 Å². The number of likely N-dealkylation sites (N-methyl/N-ethyl adjacent to an activating group) is 1. The van der Waals surface area contributed by atoms with Crippen LogP contribution in [0.3, 0.4) is 0 Å². The van der Waals surface area contributed by atoms with Gasteiger partial charge in [0.1, 0.15) is 0 Å². The summed E-state index contributed by atoms with van der Waals surface area (Å²) in [6.45, 7) is 1.28. The van der Waals surface area contributed by atoms with Crippen LogP contribution in [-0.2, 0) is 11.3 Å². The lowest BCUT2D eigenvalue weighted by molar-refractivity contribution is -0.139. The number of fused-ring (bicyclic) bond motifs is 1. The summed E-state index contributed by atoms with van der Waals surface area (Å²) >= 11 is 6.05. The van der Waals surface area contributed by atoms with E-state index in [1.165, 1.54) is 0 Å². The Kier molecular flexibility index (Phi) is 2.67. The second kappa shape index (κ2) is 3.83. The molecule has 15 heavy (non-hydrogen) atoms. The summed E-state index contributed by atoms with van der Waals surface area (Å²) in [5, 5.41) is 9.70. The van der Waals surface area contributed by atoms with Crippen molar-refractivity contribution in [1.82, 2.24) is 4.90 Å². The number of nitrogens with zero attached hydrogens (tertiary/aromatic N) is 1. The van der Waals surface area contributed by atoms with Crippen LogP contribution in [0.1, 0.15) is 17.0 Å². The van der Waals surface area contributed by atoms with Crippen molar-refractivity contribution in [3.63, 3.8) is 0 Å². The number of halogens is 1. The first-order valence-corrected chi connectivity index (χ1v) is 5.16. The largest absolute Gasteiger partial charge is 0.481 e. The Balaban J connectivity index is 2.52. The van der Waals surface area contributed by atoms with E-state index in [4.69, 9.17) is 16.7 Å². The van der Waals surface area contributed by atoms with E-state index in [0.717, 1.165) is 17.7 Å².